The molecule has 4 heteroatoms. The Bertz CT molecular complexity index is 872. The van der Waals surface area contributed by atoms with Gasteiger partial charge in [-0.3, -0.25) is 4.79 Å². The van der Waals surface area contributed by atoms with Gasteiger partial charge in [0, 0.05) is 24.0 Å². The minimum absolute atomic E-state index is 0.120. The first-order valence-corrected chi connectivity index (χ1v) is 8.09. The van der Waals surface area contributed by atoms with Crippen LogP contribution in [-0.2, 0) is 11.2 Å². The van der Waals surface area contributed by atoms with Crippen LogP contribution in [0.2, 0.25) is 0 Å². The molecule has 0 aliphatic heterocycles. The lowest BCUT2D eigenvalue weighted by molar-refractivity contribution is -0.120. The third-order valence-electron chi connectivity index (χ3n) is 3.97. The van der Waals surface area contributed by atoms with E-state index in [-0.39, 0.29) is 5.91 Å². The van der Waals surface area contributed by atoms with Crippen molar-refractivity contribution in [3.8, 4) is 0 Å². The summed E-state index contributed by atoms with van der Waals surface area (Å²) >= 11 is 0. The van der Waals surface area contributed by atoms with Gasteiger partial charge in [-0.15, -0.1) is 0 Å². The van der Waals surface area contributed by atoms with Crippen molar-refractivity contribution in [1.29, 1.82) is 0 Å². The molecule has 0 saturated heterocycles. The van der Waals surface area contributed by atoms with Crippen LogP contribution in [0, 0.1) is 0 Å². The molecule has 2 aromatic carbocycles. The lowest BCUT2D eigenvalue weighted by atomic mass is 10.0. The van der Waals surface area contributed by atoms with Crippen LogP contribution >= 0.6 is 0 Å². The molecule has 0 unspecified atom stereocenters. The number of hydrogen-bond donors (Lipinski definition) is 1. The Hall–Kier alpha value is -2.88. The lowest BCUT2D eigenvalue weighted by Crippen LogP contribution is -2.19. The van der Waals surface area contributed by atoms with Crippen molar-refractivity contribution in [1.82, 2.24) is 9.99 Å². The van der Waals surface area contributed by atoms with Gasteiger partial charge < -0.3 is 4.57 Å². The van der Waals surface area contributed by atoms with Gasteiger partial charge in [-0.25, -0.2) is 5.43 Å². The quantitative estimate of drug-likeness (QED) is 0.562. The van der Waals surface area contributed by atoms with Gasteiger partial charge in [0.2, 0.25) is 5.91 Å². The van der Waals surface area contributed by atoms with Crippen molar-refractivity contribution in [2.45, 2.75) is 26.3 Å². The topological polar surface area (TPSA) is 46.4 Å². The highest BCUT2D eigenvalue weighted by atomic mass is 16.2. The van der Waals surface area contributed by atoms with Crippen LogP contribution in [0.15, 0.2) is 66.0 Å². The Labute approximate surface area is 141 Å². The third kappa shape index (κ3) is 3.71. The van der Waals surface area contributed by atoms with Gasteiger partial charge in [0.1, 0.15) is 0 Å². The summed E-state index contributed by atoms with van der Waals surface area (Å²) < 4.78 is 2.10. The normalized spacial score (nSPS) is 11.5. The van der Waals surface area contributed by atoms with Crippen LogP contribution in [0.4, 0.5) is 0 Å². The number of carbonyl (C=O) groups excluding carboxylic acids is 1. The highest BCUT2D eigenvalue weighted by molar-refractivity contribution is 5.90. The second kappa shape index (κ2) is 7.13. The van der Waals surface area contributed by atoms with E-state index in [0.29, 0.717) is 12.5 Å². The van der Waals surface area contributed by atoms with E-state index in [1.54, 1.807) is 6.21 Å². The highest BCUT2D eigenvalue weighted by Crippen LogP contribution is 2.18. The molecule has 0 aliphatic carbocycles. The van der Waals surface area contributed by atoms with Crippen LogP contribution in [0.25, 0.3) is 10.8 Å². The summed E-state index contributed by atoms with van der Waals surface area (Å²) in [5.74, 6) is -0.120. The molecule has 122 valence electrons. The second-order valence-electron chi connectivity index (χ2n) is 6.09. The highest BCUT2D eigenvalue weighted by Gasteiger charge is 2.06. The summed E-state index contributed by atoms with van der Waals surface area (Å²) in [6.45, 7) is 4.24. The summed E-state index contributed by atoms with van der Waals surface area (Å²) in [7, 11) is 0. The molecule has 0 fully saturated rings. The standard InChI is InChI=1S/C20H21N3O/c1-15(2)23-11-10-16(14-23)13-21-22-20(24)12-18-8-5-7-17-6-3-4-9-19(17)18/h3-11,13-15H,12H2,1-2H3,(H,22,24)/b21-13-. The minimum atomic E-state index is -0.120. The van der Waals surface area contributed by atoms with Crippen LogP contribution in [-0.4, -0.2) is 16.7 Å². The molecule has 3 aromatic rings. The van der Waals surface area contributed by atoms with E-state index >= 15 is 0 Å². The molecule has 3 rings (SSSR count). The molecule has 1 heterocycles. The van der Waals surface area contributed by atoms with E-state index in [2.05, 4.69) is 28.9 Å². The molecule has 0 radical (unpaired) electrons. The molecule has 4 nitrogen and oxygen atoms in total. The first-order valence-electron chi connectivity index (χ1n) is 8.09. The average Bonchev–Trinajstić information content (AvgIpc) is 3.04. The molecule has 0 spiro atoms. The summed E-state index contributed by atoms with van der Waals surface area (Å²) in [4.78, 5) is 12.1. The van der Waals surface area contributed by atoms with Crippen molar-refractivity contribution in [3.63, 3.8) is 0 Å². The summed E-state index contributed by atoms with van der Waals surface area (Å²) in [5, 5.41) is 6.30. The fourth-order valence-corrected chi connectivity index (χ4v) is 2.67. The molecule has 0 aliphatic rings. The van der Waals surface area contributed by atoms with Gasteiger partial charge in [0.05, 0.1) is 12.6 Å². The van der Waals surface area contributed by atoms with E-state index < -0.39 is 0 Å². The molecule has 0 atom stereocenters. The van der Waals surface area contributed by atoms with E-state index in [4.69, 9.17) is 0 Å². The van der Waals surface area contributed by atoms with Gasteiger partial charge in [0.25, 0.3) is 0 Å². The van der Waals surface area contributed by atoms with Gasteiger partial charge in [0.15, 0.2) is 0 Å². The number of carbonyl (C=O) groups is 1. The number of benzene rings is 2. The Morgan fingerprint density at radius 3 is 2.75 bits per heavy atom. The van der Waals surface area contributed by atoms with Crippen molar-refractivity contribution in [2.75, 3.05) is 0 Å². The predicted octanol–water partition coefficient (Wildman–Crippen LogP) is 3.92. The Balaban J connectivity index is 1.63. The summed E-state index contributed by atoms with van der Waals surface area (Å²) in [6.07, 6.45) is 5.99. The maximum atomic E-state index is 12.1. The van der Waals surface area contributed by atoms with Crippen LogP contribution in [0.1, 0.15) is 31.0 Å². The molecule has 1 N–H and O–H groups in total. The van der Waals surface area contributed by atoms with Crippen LogP contribution in [0.5, 0.6) is 0 Å². The van der Waals surface area contributed by atoms with Crippen LogP contribution in [0.3, 0.4) is 0 Å². The number of hydrazone groups is 1. The zero-order valence-corrected chi connectivity index (χ0v) is 13.9. The number of hydrogen-bond acceptors (Lipinski definition) is 2. The van der Waals surface area contributed by atoms with E-state index in [0.717, 1.165) is 21.9 Å². The van der Waals surface area contributed by atoms with Gasteiger partial charge in [-0.2, -0.15) is 5.10 Å². The SMILES string of the molecule is CC(C)n1ccc(/C=N\NC(=O)Cc2cccc3ccccc23)c1. The third-order valence-corrected chi connectivity index (χ3v) is 3.97. The number of aromatic nitrogens is 1. The summed E-state index contributed by atoms with van der Waals surface area (Å²) in [6, 6.07) is 16.5. The van der Waals surface area contributed by atoms with Crippen LogP contribution < -0.4 is 5.43 Å². The van der Waals surface area contributed by atoms with Crippen molar-refractivity contribution in [2.24, 2.45) is 5.10 Å². The lowest BCUT2D eigenvalue weighted by Gasteiger charge is -2.05. The van der Waals surface area contributed by atoms with E-state index in [9.17, 15) is 4.79 Å². The molecule has 0 saturated carbocycles. The Morgan fingerprint density at radius 2 is 1.96 bits per heavy atom. The molecular formula is C20H21N3O. The number of nitrogens with one attached hydrogen (secondary N) is 1. The van der Waals surface area contributed by atoms with Crippen molar-refractivity contribution in [3.05, 3.63) is 72.1 Å². The molecule has 24 heavy (non-hydrogen) atoms. The largest absolute Gasteiger partial charge is 0.351 e. The monoisotopic (exact) mass is 319 g/mol. The number of amides is 1. The number of nitrogens with zero attached hydrogens (tertiary/aromatic N) is 2. The maximum Gasteiger partial charge on any atom is 0.244 e. The molecule has 1 amide bonds. The van der Waals surface area contributed by atoms with Crippen molar-refractivity contribution < 1.29 is 4.79 Å². The number of rotatable bonds is 5. The maximum absolute atomic E-state index is 12.1. The van der Waals surface area contributed by atoms with E-state index in [1.165, 1.54) is 0 Å². The number of fused-ring (bicyclic) bond motifs is 1. The Kier molecular flexibility index (Phi) is 4.75. The molecular weight excluding hydrogens is 298 g/mol. The average molecular weight is 319 g/mol. The van der Waals surface area contributed by atoms with Gasteiger partial charge >= 0.3 is 0 Å². The fourth-order valence-electron chi connectivity index (χ4n) is 2.67. The zero-order chi connectivity index (χ0) is 16.9. The van der Waals surface area contributed by atoms with Gasteiger partial charge in [-0.05, 0) is 36.2 Å². The first kappa shape index (κ1) is 16.0. The van der Waals surface area contributed by atoms with E-state index in [1.807, 2.05) is 60.9 Å². The Morgan fingerprint density at radius 1 is 1.17 bits per heavy atom. The van der Waals surface area contributed by atoms with Crippen molar-refractivity contribution >= 4 is 22.9 Å². The summed E-state index contributed by atoms with van der Waals surface area (Å²) in [5.41, 5.74) is 4.58. The minimum Gasteiger partial charge on any atom is -0.351 e. The molecule has 1 aromatic heterocycles. The zero-order valence-electron chi connectivity index (χ0n) is 13.9. The van der Waals surface area contributed by atoms with Gasteiger partial charge in [-0.1, -0.05) is 42.5 Å². The predicted molar refractivity (Wildman–Crippen MR) is 98.2 cm³/mol. The smallest absolute Gasteiger partial charge is 0.244 e. The molecule has 0 bridgehead atoms. The fraction of sp³-hybridized carbons (Fsp3) is 0.200. The first-order chi connectivity index (χ1) is 11.6. The second-order valence-corrected chi connectivity index (χ2v) is 6.09.